The number of nitrogens with one attached hydrogen (secondary N) is 3. The molecule has 3 aromatic rings. The number of amides is 2. The summed E-state index contributed by atoms with van der Waals surface area (Å²) in [5, 5.41) is 8.37. The summed E-state index contributed by atoms with van der Waals surface area (Å²) in [4.78, 5) is 24.8. The normalized spacial score (nSPS) is 10.2. The van der Waals surface area contributed by atoms with E-state index in [9.17, 15) is 9.59 Å². The standard InChI is InChI=1S/C22H21N3O5S/c1-13-6-4-7-15(19(13)29-3)20(26)25-22(31)23-14-9-10-16(18(12-14)28-2)24-21(27)17-8-5-11-30-17/h4-12H,1-3H3,(H,24,27)(H2,23,25,26,31). The third kappa shape index (κ3) is 5.20. The first-order chi connectivity index (χ1) is 14.9. The van der Waals surface area contributed by atoms with E-state index in [1.807, 2.05) is 13.0 Å². The summed E-state index contributed by atoms with van der Waals surface area (Å²) in [7, 11) is 2.99. The van der Waals surface area contributed by atoms with Gasteiger partial charge < -0.3 is 24.5 Å². The molecule has 0 aliphatic heterocycles. The molecule has 3 N–H and O–H groups in total. The monoisotopic (exact) mass is 439 g/mol. The molecule has 1 heterocycles. The Kier molecular flexibility index (Phi) is 6.88. The molecule has 0 radical (unpaired) electrons. The van der Waals surface area contributed by atoms with Gasteiger partial charge >= 0.3 is 0 Å². The molecule has 0 bridgehead atoms. The first-order valence-electron chi connectivity index (χ1n) is 9.21. The zero-order chi connectivity index (χ0) is 22.4. The molecule has 2 amide bonds. The van der Waals surface area contributed by atoms with E-state index < -0.39 is 11.8 Å². The Morgan fingerprint density at radius 1 is 0.968 bits per heavy atom. The largest absolute Gasteiger partial charge is 0.496 e. The number of anilines is 2. The number of hydrogen-bond acceptors (Lipinski definition) is 6. The highest BCUT2D eigenvalue weighted by Gasteiger charge is 2.16. The lowest BCUT2D eigenvalue weighted by molar-refractivity contribution is 0.0972. The summed E-state index contributed by atoms with van der Waals surface area (Å²) in [5.41, 5.74) is 2.23. The first kappa shape index (κ1) is 21.8. The first-order valence-corrected chi connectivity index (χ1v) is 9.62. The van der Waals surface area contributed by atoms with Gasteiger partial charge in [0.05, 0.1) is 31.7 Å². The Balaban J connectivity index is 1.68. The second kappa shape index (κ2) is 9.77. The summed E-state index contributed by atoms with van der Waals surface area (Å²) in [6, 6.07) is 13.4. The van der Waals surface area contributed by atoms with Crippen LogP contribution in [0.2, 0.25) is 0 Å². The molecule has 0 fully saturated rings. The SMILES string of the molecule is COc1cc(NC(=S)NC(=O)c2cccc(C)c2OC)ccc1NC(=O)c1ccco1. The van der Waals surface area contributed by atoms with Crippen molar-refractivity contribution in [2.75, 3.05) is 24.9 Å². The number of carbonyl (C=O) groups is 2. The fourth-order valence-electron chi connectivity index (χ4n) is 2.90. The van der Waals surface area contributed by atoms with Gasteiger partial charge in [0.15, 0.2) is 10.9 Å². The zero-order valence-corrected chi connectivity index (χ0v) is 18.0. The number of benzene rings is 2. The molecule has 160 valence electrons. The average molecular weight is 439 g/mol. The lowest BCUT2D eigenvalue weighted by atomic mass is 10.1. The molecule has 0 atom stereocenters. The third-order valence-electron chi connectivity index (χ3n) is 4.34. The minimum atomic E-state index is -0.404. The zero-order valence-electron chi connectivity index (χ0n) is 17.1. The molecule has 0 aliphatic carbocycles. The van der Waals surface area contributed by atoms with Gasteiger partial charge in [0.1, 0.15) is 11.5 Å². The predicted octanol–water partition coefficient (Wildman–Crippen LogP) is 3.98. The topological polar surface area (TPSA) is 102 Å². The summed E-state index contributed by atoms with van der Waals surface area (Å²) < 4.78 is 15.7. The number of rotatable bonds is 6. The van der Waals surface area contributed by atoms with E-state index in [1.54, 1.807) is 42.5 Å². The van der Waals surface area contributed by atoms with E-state index in [0.29, 0.717) is 28.4 Å². The maximum absolute atomic E-state index is 12.6. The van der Waals surface area contributed by atoms with E-state index >= 15 is 0 Å². The van der Waals surface area contributed by atoms with E-state index in [4.69, 9.17) is 26.1 Å². The van der Waals surface area contributed by atoms with Crippen LogP contribution in [0.3, 0.4) is 0 Å². The number of methoxy groups -OCH3 is 2. The van der Waals surface area contributed by atoms with E-state index in [0.717, 1.165) is 5.56 Å². The van der Waals surface area contributed by atoms with E-state index in [2.05, 4.69) is 16.0 Å². The molecular weight excluding hydrogens is 418 g/mol. The number of hydrogen-bond donors (Lipinski definition) is 3. The summed E-state index contributed by atoms with van der Waals surface area (Å²) in [5.74, 6) is 0.270. The van der Waals surface area contributed by atoms with Gasteiger partial charge in [-0.05, 0) is 55.0 Å². The third-order valence-corrected chi connectivity index (χ3v) is 4.54. The van der Waals surface area contributed by atoms with Crippen molar-refractivity contribution in [3.63, 3.8) is 0 Å². The van der Waals surface area contributed by atoms with Gasteiger partial charge in [0.2, 0.25) is 0 Å². The van der Waals surface area contributed by atoms with Gasteiger partial charge in [-0.15, -0.1) is 0 Å². The van der Waals surface area contributed by atoms with E-state index in [-0.39, 0.29) is 10.9 Å². The number of para-hydroxylation sites is 1. The Morgan fingerprint density at radius 3 is 2.45 bits per heavy atom. The highest BCUT2D eigenvalue weighted by atomic mass is 32.1. The highest BCUT2D eigenvalue weighted by Crippen LogP contribution is 2.28. The smallest absolute Gasteiger partial charge is 0.291 e. The number of carbonyl (C=O) groups excluding carboxylic acids is 2. The molecule has 2 aromatic carbocycles. The molecule has 0 spiro atoms. The molecule has 31 heavy (non-hydrogen) atoms. The number of ether oxygens (including phenoxy) is 2. The van der Waals surface area contributed by atoms with Crippen LogP contribution in [0.25, 0.3) is 0 Å². The fraction of sp³-hybridized carbons (Fsp3) is 0.136. The molecule has 0 saturated carbocycles. The van der Waals surface area contributed by atoms with Gasteiger partial charge in [0.25, 0.3) is 11.8 Å². The second-order valence-corrected chi connectivity index (χ2v) is 6.82. The van der Waals surface area contributed by atoms with Crippen LogP contribution in [0, 0.1) is 6.92 Å². The minimum Gasteiger partial charge on any atom is -0.496 e. The van der Waals surface area contributed by atoms with Crippen LogP contribution in [0.1, 0.15) is 26.5 Å². The molecule has 0 unspecified atom stereocenters. The van der Waals surface area contributed by atoms with Crippen LogP contribution in [0.15, 0.2) is 59.2 Å². The summed E-state index contributed by atoms with van der Waals surface area (Å²) >= 11 is 5.25. The maximum atomic E-state index is 12.6. The van der Waals surface area contributed by atoms with Crippen molar-refractivity contribution in [3.8, 4) is 11.5 Å². The van der Waals surface area contributed by atoms with Crippen LogP contribution in [-0.4, -0.2) is 31.1 Å². The quantitative estimate of drug-likeness (QED) is 0.499. The molecule has 3 rings (SSSR count). The van der Waals surface area contributed by atoms with Crippen LogP contribution in [0.4, 0.5) is 11.4 Å². The Labute approximate surface area is 184 Å². The number of furan rings is 1. The van der Waals surface area contributed by atoms with Crippen LogP contribution < -0.4 is 25.4 Å². The van der Waals surface area contributed by atoms with Crippen molar-refractivity contribution in [1.82, 2.24) is 5.32 Å². The fourth-order valence-corrected chi connectivity index (χ4v) is 3.11. The summed E-state index contributed by atoms with van der Waals surface area (Å²) in [6.07, 6.45) is 1.42. The average Bonchev–Trinajstić information content (AvgIpc) is 3.29. The van der Waals surface area contributed by atoms with Crippen molar-refractivity contribution < 1.29 is 23.5 Å². The summed E-state index contributed by atoms with van der Waals surface area (Å²) in [6.45, 7) is 1.85. The van der Waals surface area contributed by atoms with Gasteiger partial charge in [-0.3, -0.25) is 14.9 Å². The van der Waals surface area contributed by atoms with Gasteiger partial charge in [-0.25, -0.2) is 0 Å². The van der Waals surface area contributed by atoms with Crippen LogP contribution in [0.5, 0.6) is 11.5 Å². The van der Waals surface area contributed by atoms with Gasteiger partial charge in [-0.1, -0.05) is 12.1 Å². The van der Waals surface area contributed by atoms with Crippen LogP contribution >= 0.6 is 12.2 Å². The molecule has 9 heteroatoms. The second-order valence-electron chi connectivity index (χ2n) is 6.41. The molecule has 0 aliphatic rings. The van der Waals surface area contributed by atoms with Gasteiger partial charge in [0, 0.05) is 11.8 Å². The number of thiocarbonyl (C=S) groups is 1. The molecule has 1 aromatic heterocycles. The number of aryl methyl sites for hydroxylation is 1. The Morgan fingerprint density at radius 2 is 1.77 bits per heavy atom. The van der Waals surface area contributed by atoms with Crippen molar-refractivity contribution in [1.29, 1.82) is 0 Å². The van der Waals surface area contributed by atoms with E-state index in [1.165, 1.54) is 20.5 Å². The molecule has 8 nitrogen and oxygen atoms in total. The lowest BCUT2D eigenvalue weighted by Crippen LogP contribution is -2.34. The minimum absolute atomic E-state index is 0.1000. The lowest BCUT2D eigenvalue weighted by Gasteiger charge is -2.15. The van der Waals surface area contributed by atoms with Crippen LogP contribution in [-0.2, 0) is 0 Å². The Bertz CT molecular complexity index is 1110. The van der Waals surface area contributed by atoms with Crippen molar-refractivity contribution >= 4 is 40.5 Å². The van der Waals surface area contributed by atoms with Crippen molar-refractivity contribution in [2.45, 2.75) is 6.92 Å². The predicted molar refractivity (Wildman–Crippen MR) is 121 cm³/mol. The molecule has 0 saturated heterocycles. The maximum Gasteiger partial charge on any atom is 0.291 e. The van der Waals surface area contributed by atoms with Gasteiger partial charge in [-0.2, -0.15) is 0 Å². The molecular formula is C22H21N3O5S. The van der Waals surface area contributed by atoms with Crippen molar-refractivity contribution in [2.24, 2.45) is 0 Å². The highest BCUT2D eigenvalue weighted by molar-refractivity contribution is 7.80. The Hall–Kier alpha value is -3.85. The van der Waals surface area contributed by atoms with Crippen molar-refractivity contribution in [3.05, 3.63) is 71.7 Å².